The van der Waals surface area contributed by atoms with Crippen LogP contribution in [0, 0.1) is 0 Å². The quantitative estimate of drug-likeness (QED) is 0.128. The van der Waals surface area contributed by atoms with Crippen LogP contribution < -0.4 is 14.2 Å². The number of ether oxygens (including phenoxy) is 4. The maximum atomic E-state index is 13.8. The van der Waals surface area contributed by atoms with Crippen LogP contribution in [0.3, 0.4) is 0 Å². The summed E-state index contributed by atoms with van der Waals surface area (Å²) in [5.74, 6) is -4.95. The van der Waals surface area contributed by atoms with Crippen LogP contribution in [-0.2, 0) is 16.9 Å². The summed E-state index contributed by atoms with van der Waals surface area (Å²) < 4.78 is 25.8. The van der Waals surface area contributed by atoms with Gasteiger partial charge in [-0.25, -0.2) is 4.79 Å². The van der Waals surface area contributed by atoms with Crippen LogP contribution in [-0.4, -0.2) is 53.9 Å². The van der Waals surface area contributed by atoms with Crippen molar-refractivity contribution in [2.24, 2.45) is 0 Å². The molecule has 12 heteroatoms. The van der Waals surface area contributed by atoms with E-state index in [9.17, 15) is 40.5 Å². The van der Waals surface area contributed by atoms with Crippen molar-refractivity contribution in [2.75, 3.05) is 0 Å². The number of benzene rings is 5. The largest absolute Gasteiger partial charge is 0.508 e. The van der Waals surface area contributed by atoms with E-state index in [-0.39, 0.29) is 80.2 Å². The Hall–Kier alpha value is -6.27. The van der Waals surface area contributed by atoms with Gasteiger partial charge in [-0.3, -0.25) is 0 Å². The molecule has 5 aromatic carbocycles. The lowest BCUT2D eigenvalue weighted by molar-refractivity contribution is -0.219. The van der Waals surface area contributed by atoms with E-state index in [1.54, 1.807) is 12.1 Å². The molecule has 0 saturated heterocycles. The van der Waals surface area contributed by atoms with E-state index in [0.29, 0.717) is 5.56 Å². The molecule has 12 nitrogen and oxygen atoms in total. The summed E-state index contributed by atoms with van der Waals surface area (Å²) in [5, 5.41) is 74.2. The molecule has 0 fully saturated rings. The molecule has 0 aromatic heterocycles. The topological polar surface area (TPSA) is 196 Å². The number of aliphatic hydroxyl groups is 1. The second-order valence-corrected chi connectivity index (χ2v) is 12.2. The number of hydrogen-bond acceptors (Lipinski definition) is 12. The molecule has 0 radical (unpaired) electrons. The molecule has 7 N–H and O–H groups in total. The summed E-state index contributed by atoms with van der Waals surface area (Å²) in [4.78, 5) is 13.8. The van der Waals surface area contributed by atoms with Crippen molar-refractivity contribution in [3.05, 3.63) is 124 Å². The molecule has 2 bridgehead atoms. The number of aromatic hydroxyl groups is 6. The minimum atomic E-state index is -2.02. The molecule has 8 rings (SSSR count). The van der Waals surface area contributed by atoms with E-state index >= 15 is 0 Å². The Bertz CT molecular complexity index is 2110. The van der Waals surface area contributed by atoms with Gasteiger partial charge in [0.2, 0.25) is 0 Å². The fourth-order valence-electron chi connectivity index (χ4n) is 6.89. The summed E-state index contributed by atoms with van der Waals surface area (Å²) >= 11 is 0. The van der Waals surface area contributed by atoms with Crippen molar-refractivity contribution in [1.29, 1.82) is 0 Å². The molecule has 5 aromatic rings. The van der Waals surface area contributed by atoms with E-state index in [0.717, 1.165) is 6.07 Å². The van der Waals surface area contributed by atoms with Crippen molar-refractivity contribution in [3.8, 4) is 51.7 Å². The zero-order chi connectivity index (χ0) is 34.2. The van der Waals surface area contributed by atoms with Gasteiger partial charge >= 0.3 is 11.8 Å². The molecule has 3 aliphatic heterocycles. The lowest BCUT2D eigenvalue weighted by Crippen LogP contribution is -2.59. The highest BCUT2D eigenvalue weighted by Crippen LogP contribution is 2.63. The monoisotopic (exact) mass is 664 g/mol. The van der Waals surface area contributed by atoms with Crippen molar-refractivity contribution in [1.82, 2.24) is 0 Å². The van der Waals surface area contributed by atoms with Gasteiger partial charge in [-0.15, -0.1) is 0 Å². The Morgan fingerprint density at radius 1 is 0.694 bits per heavy atom. The summed E-state index contributed by atoms with van der Waals surface area (Å²) in [6, 6.07) is 21.0. The van der Waals surface area contributed by atoms with Gasteiger partial charge in [0.1, 0.15) is 57.8 Å². The third-order valence-corrected chi connectivity index (χ3v) is 9.12. The highest BCUT2D eigenvalue weighted by Gasteiger charge is 2.62. The molecule has 3 aliphatic rings. The highest BCUT2D eigenvalue weighted by molar-refractivity contribution is 5.90. The fourth-order valence-corrected chi connectivity index (χ4v) is 6.89. The number of carbonyl (C=O) groups is 1. The number of rotatable bonds is 4. The van der Waals surface area contributed by atoms with E-state index in [4.69, 9.17) is 18.9 Å². The van der Waals surface area contributed by atoms with E-state index in [1.807, 2.05) is 0 Å². The maximum absolute atomic E-state index is 13.8. The summed E-state index contributed by atoms with van der Waals surface area (Å²) in [6.07, 6.45) is -3.56. The van der Waals surface area contributed by atoms with E-state index in [2.05, 4.69) is 0 Å². The lowest BCUT2D eigenvalue weighted by Gasteiger charge is -2.51. The predicted octanol–water partition coefficient (Wildman–Crippen LogP) is 4.95. The molecule has 49 heavy (non-hydrogen) atoms. The first-order valence-electron chi connectivity index (χ1n) is 15.3. The molecule has 0 spiro atoms. The van der Waals surface area contributed by atoms with Crippen LogP contribution in [0.2, 0.25) is 0 Å². The van der Waals surface area contributed by atoms with Crippen LogP contribution in [0.1, 0.15) is 50.2 Å². The molecule has 3 heterocycles. The molecular weight excluding hydrogens is 636 g/mol. The normalized spacial score (nSPS) is 23.0. The Morgan fingerprint density at radius 2 is 1.29 bits per heavy atom. The van der Waals surface area contributed by atoms with Gasteiger partial charge in [0.15, 0.2) is 6.10 Å². The maximum Gasteiger partial charge on any atom is 0.338 e. The van der Waals surface area contributed by atoms with Crippen molar-refractivity contribution in [3.63, 3.8) is 0 Å². The Labute approximate surface area is 277 Å². The zero-order valence-electron chi connectivity index (χ0n) is 25.3. The Balaban J connectivity index is 1.38. The molecule has 0 amide bonds. The second-order valence-electron chi connectivity index (χ2n) is 12.2. The number of hydrogen-bond donors (Lipinski definition) is 7. The smallest absolute Gasteiger partial charge is 0.338 e. The minimum absolute atomic E-state index is 0.00842. The number of aliphatic hydroxyl groups excluding tert-OH is 1. The average Bonchev–Trinajstić information content (AvgIpc) is 3.06. The molecule has 0 aliphatic carbocycles. The van der Waals surface area contributed by atoms with Crippen molar-refractivity contribution >= 4 is 5.97 Å². The third-order valence-electron chi connectivity index (χ3n) is 9.12. The SMILES string of the molecule is O=C(O[C@H]1[C@H]2c3c(O)cc(O)cc3O[C@]1(c1ccc(O)cc1)Oc1cc(O)c3c(c12)O[C@H](c1ccc(O)cc1)[C@H](O)C3)c1ccc(O)cc1. The Morgan fingerprint density at radius 3 is 1.94 bits per heavy atom. The van der Waals surface area contributed by atoms with Crippen molar-refractivity contribution in [2.45, 2.75) is 36.4 Å². The van der Waals surface area contributed by atoms with Crippen LogP contribution in [0.15, 0.2) is 91.0 Å². The molecule has 0 saturated carbocycles. The number of fused-ring (bicyclic) bond motifs is 8. The van der Waals surface area contributed by atoms with Gasteiger partial charge in [-0.1, -0.05) is 12.1 Å². The van der Waals surface area contributed by atoms with Gasteiger partial charge in [0.05, 0.1) is 17.6 Å². The van der Waals surface area contributed by atoms with Crippen LogP contribution in [0.4, 0.5) is 0 Å². The van der Waals surface area contributed by atoms with Crippen LogP contribution in [0.25, 0.3) is 0 Å². The van der Waals surface area contributed by atoms with Gasteiger partial charge in [0, 0.05) is 46.9 Å². The number of carbonyl (C=O) groups excluding carboxylic acids is 1. The van der Waals surface area contributed by atoms with Gasteiger partial charge in [0.25, 0.3) is 0 Å². The zero-order valence-corrected chi connectivity index (χ0v) is 25.3. The number of esters is 1. The fraction of sp³-hybridized carbons (Fsp3) is 0.162. The predicted molar refractivity (Wildman–Crippen MR) is 169 cm³/mol. The van der Waals surface area contributed by atoms with Gasteiger partial charge < -0.3 is 54.7 Å². The Kier molecular flexibility index (Phi) is 6.69. The van der Waals surface area contributed by atoms with Crippen molar-refractivity contribution < 1.29 is 59.5 Å². The molecule has 248 valence electrons. The first-order chi connectivity index (χ1) is 23.5. The highest BCUT2D eigenvalue weighted by atomic mass is 16.7. The van der Waals surface area contributed by atoms with Gasteiger partial charge in [-0.2, -0.15) is 0 Å². The number of phenols is 6. The van der Waals surface area contributed by atoms with Crippen LogP contribution >= 0.6 is 0 Å². The molecule has 0 unspecified atom stereocenters. The summed E-state index contributed by atoms with van der Waals surface area (Å²) in [5.41, 5.74) is 1.48. The first-order valence-corrected chi connectivity index (χ1v) is 15.3. The first kappa shape index (κ1) is 30.1. The van der Waals surface area contributed by atoms with E-state index in [1.165, 1.54) is 72.8 Å². The molecular formula is C37H28O12. The average molecular weight is 665 g/mol. The minimum Gasteiger partial charge on any atom is -0.508 e. The standard InChI is InChI=1S/C37H28O12/c38-20-7-1-17(2-8-20)33-27(44)15-24-25(42)16-29-31(34(24)46-33)32-30-26(43)13-23(41)14-28(30)48-37(49-29,19-5-11-22(40)12-6-19)35(32)47-36(45)18-3-9-21(39)10-4-18/h1-14,16,27,32-33,35,38-44H,15H2/t27-,32+,33-,35+,37-/m1/s1. The third kappa shape index (κ3) is 4.75. The number of phenolic OH excluding ortho intramolecular Hbond substituents is 6. The van der Waals surface area contributed by atoms with Gasteiger partial charge in [-0.05, 0) is 66.2 Å². The second kappa shape index (κ2) is 10.9. The summed E-state index contributed by atoms with van der Waals surface area (Å²) in [6.45, 7) is 0. The summed E-state index contributed by atoms with van der Waals surface area (Å²) in [7, 11) is 0. The van der Waals surface area contributed by atoms with Crippen LogP contribution in [0.5, 0.6) is 51.7 Å². The molecule has 5 atom stereocenters. The lowest BCUT2D eigenvalue weighted by atomic mass is 9.74. The van der Waals surface area contributed by atoms with E-state index < -0.39 is 41.7 Å².